The minimum atomic E-state index is -0.614. The molecule has 0 unspecified atom stereocenters. The van der Waals surface area contributed by atoms with Crippen molar-refractivity contribution < 1.29 is 20.4 Å². The summed E-state index contributed by atoms with van der Waals surface area (Å²) in [5, 5.41) is 46.6. The van der Waals surface area contributed by atoms with Crippen LogP contribution in [0.5, 0.6) is 23.0 Å². The third kappa shape index (κ3) is 7.87. The lowest BCUT2D eigenvalue weighted by Gasteiger charge is -2.23. The maximum absolute atomic E-state index is 11.7. The lowest BCUT2D eigenvalue weighted by molar-refractivity contribution is 0.473. The van der Waals surface area contributed by atoms with Gasteiger partial charge in [-0.25, -0.2) is 29.9 Å². The van der Waals surface area contributed by atoms with Gasteiger partial charge in [-0.05, 0) is 45.9 Å². The zero-order valence-corrected chi connectivity index (χ0v) is 40.7. The van der Waals surface area contributed by atoms with E-state index in [1.54, 1.807) is 48.5 Å². The van der Waals surface area contributed by atoms with Gasteiger partial charge in [0.25, 0.3) is 0 Å². The molecule has 0 saturated heterocycles. The zero-order valence-electron chi connectivity index (χ0n) is 40.7. The number of hydrogen-bond acceptors (Lipinski definition) is 10. The number of phenolic OH excluding ortho intramolecular Hbond substituents is 4. The van der Waals surface area contributed by atoms with E-state index in [0.29, 0.717) is 90.4 Å². The Morgan fingerprint density at radius 1 is 0.324 bits per heavy atom. The van der Waals surface area contributed by atoms with Crippen LogP contribution in [0.25, 0.3) is 67.1 Å². The van der Waals surface area contributed by atoms with Gasteiger partial charge >= 0.3 is 0 Å². The number of hydrogen-bond donors (Lipinski definition) is 6. The summed E-state index contributed by atoms with van der Waals surface area (Å²) in [6, 6.07) is 28.6. The molecule has 0 fully saturated rings. The van der Waals surface area contributed by atoms with E-state index in [4.69, 9.17) is 29.9 Å². The van der Waals surface area contributed by atoms with Gasteiger partial charge in [0.2, 0.25) is 0 Å². The van der Waals surface area contributed by atoms with E-state index in [0.717, 1.165) is 22.3 Å². The summed E-state index contributed by atoms with van der Waals surface area (Å²) >= 11 is 0. The summed E-state index contributed by atoms with van der Waals surface area (Å²) in [5.74, 6) is 1.49. The Kier molecular flexibility index (Phi) is 10.7. The molecule has 5 heterocycles. The molecule has 7 aromatic rings. The monoisotopic (exact) mass is 906 g/mol. The third-order valence-electron chi connectivity index (χ3n) is 12.3. The molecule has 2 aliphatic rings. The number of allylic oxidation sites excluding steroid dienone is 2. The van der Waals surface area contributed by atoms with Crippen LogP contribution in [0.3, 0.4) is 0 Å². The number of H-pyrrole nitrogens is 2. The second-order valence-corrected chi connectivity index (χ2v) is 21.7. The Bertz CT molecular complexity index is 3210. The van der Waals surface area contributed by atoms with E-state index < -0.39 is 21.7 Å². The summed E-state index contributed by atoms with van der Waals surface area (Å²) in [6.45, 7) is 25.0. The molecular weight excluding hydrogens is 849 g/mol. The highest BCUT2D eigenvalue weighted by molar-refractivity contribution is 6.04. The fraction of sp³-hybridized carbons (Fsp3) is 0.286. The van der Waals surface area contributed by atoms with Crippen LogP contribution in [0, 0.1) is 10.8 Å². The first-order valence-electron chi connectivity index (χ1n) is 22.9. The topological polar surface area (TPSA) is 190 Å². The summed E-state index contributed by atoms with van der Waals surface area (Å²) in [5.41, 5.74) is 6.72. The van der Waals surface area contributed by atoms with E-state index in [1.807, 2.05) is 48.5 Å². The largest absolute Gasteiger partial charge is 0.507 e. The van der Waals surface area contributed by atoms with Gasteiger partial charge in [-0.15, -0.1) is 0 Å². The van der Waals surface area contributed by atoms with E-state index in [2.05, 4.69) is 93.1 Å². The molecule has 0 spiro atoms. The fourth-order valence-electron chi connectivity index (χ4n) is 9.56. The van der Waals surface area contributed by atoms with Gasteiger partial charge in [0.05, 0.1) is 0 Å². The highest BCUT2D eigenvalue weighted by Gasteiger charge is 2.38. The maximum atomic E-state index is 11.7. The minimum Gasteiger partial charge on any atom is -0.507 e. The summed E-state index contributed by atoms with van der Waals surface area (Å²) in [7, 11) is 0. The third-order valence-corrected chi connectivity index (χ3v) is 12.3. The average Bonchev–Trinajstić information content (AvgIpc) is 3.99. The number of nitrogens with one attached hydrogen (secondary N) is 2. The van der Waals surface area contributed by atoms with Gasteiger partial charge in [0, 0.05) is 66.8 Å². The van der Waals surface area contributed by atoms with Crippen molar-refractivity contribution in [1.82, 2.24) is 39.9 Å². The molecule has 4 aromatic carbocycles. The predicted octanol–water partition coefficient (Wildman–Crippen LogP) is 12.7. The molecule has 0 aliphatic carbocycles. The highest BCUT2D eigenvalue weighted by Crippen LogP contribution is 2.50. The van der Waals surface area contributed by atoms with Crippen molar-refractivity contribution in [2.45, 2.75) is 93.9 Å². The number of nitrogens with zero attached hydrogens (tertiary/aromatic N) is 6. The number of para-hydroxylation sites is 4. The van der Waals surface area contributed by atoms with Crippen LogP contribution in [-0.4, -0.2) is 60.3 Å². The highest BCUT2D eigenvalue weighted by atomic mass is 16.3. The Balaban J connectivity index is 1.62. The molecule has 0 amide bonds. The Morgan fingerprint density at radius 2 is 0.603 bits per heavy atom. The number of aromatic hydroxyl groups is 4. The Labute approximate surface area is 396 Å². The molecule has 2 aliphatic heterocycles. The molecule has 12 nitrogen and oxygen atoms in total. The minimum absolute atomic E-state index is 0.0473. The number of fused-ring (bicyclic) bond motifs is 8. The van der Waals surface area contributed by atoms with Crippen LogP contribution in [0.15, 0.2) is 97.1 Å². The molecule has 0 atom stereocenters. The summed E-state index contributed by atoms with van der Waals surface area (Å²) < 4.78 is 0. The predicted molar refractivity (Wildman–Crippen MR) is 271 cm³/mol. The van der Waals surface area contributed by atoms with Crippen molar-refractivity contribution >= 4 is 44.9 Å². The van der Waals surface area contributed by atoms with Crippen LogP contribution in [0.4, 0.5) is 0 Å². The first-order valence-corrected chi connectivity index (χ1v) is 22.9. The lowest BCUT2D eigenvalue weighted by atomic mass is 9.81. The van der Waals surface area contributed by atoms with Crippen molar-refractivity contribution in [3.8, 4) is 45.3 Å². The normalized spacial score (nSPS) is 13.7. The van der Waals surface area contributed by atoms with E-state index >= 15 is 0 Å². The number of phenols is 4. The van der Waals surface area contributed by atoms with E-state index in [1.165, 1.54) is 0 Å². The smallest absolute Gasteiger partial charge is 0.165 e. The molecule has 0 saturated carbocycles. The standard InChI is InChI=1S/C56H58N8O4/c1-53(2,3)41-37(29-21-13-17-25-33(29)65)45-57-49(41)61-46-38(30-22-14-18-26-34(30)66)42(54(4,5)6)51(58-46)63-48-40(32-24-16-20-28-36(32)68)44(56(10,11)12)52(60-48)64-47-39(31-23-15-19-27-35(31)67)43(55(7,8)9)50(59-47)62-45/h13-28,65-68H,1-12H3,(H2,57,58,59,60,61,62,63,64). The van der Waals surface area contributed by atoms with Gasteiger partial charge in [-0.2, -0.15) is 0 Å². The molecule has 68 heavy (non-hydrogen) atoms. The molecule has 3 aromatic heterocycles. The van der Waals surface area contributed by atoms with Crippen LogP contribution in [0.2, 0.25) is 0 Å². The van der Waals surface area contributed by atoms with Crippen molar-refractivity contribution in [3.63, 3.8) is 0 Å². The molecular formula is C56H58N8O4. The van der Waals surface area contributed by atoms with Gasteiger partial charge in [0.1, 0.15) is 45.6 Å². The Hall–Kier alpha value is -7.60. The van der Waals surface area contributed by atoms with E-state index in [-0.39, 0.29) is 23.0 Å². The molecule has 9 rings (SSSR count). The second-order valence-electron chi connectivity index (χ2n) is 21.7. The van der Waals surface area contributed by atoms with Gasteiger partial charge in [-0.3, -0.25) is 0 Å². The number of rotatable bonds is 4. The second kappa shape index (κ2) is 16.0. The SMILES string of the molecule is CC(C)(C)C1=C(c2ccccc2O)c2nc1nc1[nH]c(nc3nc(nc4[nH]c(n2)c(C(C)(C)C)c4-c2ccccc2O)C(C(C)(C)C)=C3c2ccccc2O)c(C(C)(C)C)c1-c1ccccc1O. The van der Waals surface area contributed by atoms with Crippen molar-refractivity contribution in [3.05, 3.63) is 143 Å². The quantitative estimate of drug-likeness (QED) is 0.0991. The van der Waals surface area contributed by atoms with E-state index in [9.17, 15) is 20.4 Å². The van der Waals surface area contributed by atoms with Crippen molar-refractivity contribution in [1.29, 1.82) is 0 Å². The van der Waals surface area contributed by atoms with Crippen LogP contribution in [0.1, 0.15) is 129 Å². The van der Waals surface area contributed by atoms with Crippen LogP contribution < -0.4 is 0 Å². The van der Waals surface area contributed by atoms with Crippen molar-refractivity contribution in [2.75, 3.05) is 0 Å². The molecule has 346 valence electrons. The zero-order chi connectivity index (χ0) is 48.8. The lowest BCUT2D eigenvalue weighted by Crippen LogP contribution is -2.13. The molecule has 12 heteroatoms. The number of aromatic nitrogens is 8. The first-order chi connectivity index (χ1) is 31.9. The Morgan fingerprint density at radius 3 is 0.882 bits per heavy atom. The van der Waals surface area contributed by atoms with Gasteiger partial charge in [0.15, 0.2) is 23.3 Å². The average molecular weight is 907 g/mol. The summed E-state index contributed by atoms with van der Waals surface area (Å²) in [4.78, 5) is 39.6. The number of benzene rings is 4. The molecule has 0 radical (unpaired) electrons. The molecule has 6 N–H and O–H groups in total. The van der Waals surface area contributed by atoms with Gasteiger partial charge in [-0.1, -0.05) is 156 Å². The number of aromatic amines is 2. The van der Waals surface area contributed by atoms with Crippen molar-refractivity contribution in [2.24, 2.45) is 10.8 Å². The fourth-order valence-corrected chi connectivity index (χ4v) is 9.56. The maximum Gasteiger partial charge on any atom is 0.165 e. The first kappa shape index (κ1) is 45.6. The summed E-state index contributed by atoms with van der Waals surface area (Å²) in [6.07, 6.45) is 0. The molecule has 8 bridgehead atoms. The van der Waals surface area contributed by atoms with Crippen LogP contribution in [-0.2, 0) is 10.8 Å². The van der Waals surface area contributed by atoms with Gasteiger partial charge < -0.3 is 30.4 Å². The van der Waals surface area contributed by atoms with Crippen LogP contribution >= 0.6 is 0 Å².